The summed E-state index contributed by atoms with van der Waals surface area (Å²) in [5.74, 6) is -2.88. The molecule has 1 aliphatic heterocycles. The third-order valence-corrected chi connectivity index (χ3v) is 2.12. The Kier molecular flexibility index (Phi) is 2.55. The Balaban J connectivity index is 2.32. The van der Waals surface area contributed by atoms with Crippen molar-refractivity contribution in [1.82, 2.24) is 0 Å². The van der Waals surface area contributed by atoms with Crippen LogP contribution in [-0.4, -0.2) is 25.0 Å². The summed E-state index contributed by atoms with van der Waals surface area (Å²) >= 11 is 0. The predicted molar refractivity (Wildman–Crippen MR) is 49.7 cm³/mol. The molecule has 6 heteroatoms. The van der Waals surface area contributed by atoms with Gasteiger partial charge < -0.3 is 9.64 Å². The molecule has 0 amide bonds. The Hall–Kier alpha value is -1.98. The van der Waals surface area contributed by atoms with E-state index >= 15 is 0 Å². The van der Waals surface area contributed by atoms with Crippen LogP contribution in [0, 0.1) is 11.6 Å². The summed E-state index contributed by atoms with van der Waals surface area (Å²) in [6.45, 7) is -0.543. The zero-order valence-corrected chi connectivity index (χ0v) is 8.07. The summed E-state index contributed by atoms with van der Waals surface area (Å²) in [4.78, 5) is 23.0. The molecule has 1 saturated heterocycles. The van der Waals surface area contributed by atoms with E-state index in [-0.39, 0.29) is 18.8 Å². The van der Waals surface area contributed by atoms with E-state index in [9.17, 15) is 18.4 Å². The van der Waals surface area contributed by atoms with Gasteiger partial charge in [-0.15, -0.1) is 0 Å². The van der Waals surface area contributed by atoms with E-state index in [0.29, 0.717) is 0 Å². The van der Waals surface area contributed by atoms with Crippen LogP contribution in [0.5, 0.6) is 0 Å². The van der Waals surface area contributed by atoms with Gasteiger partial charge in [-0.3, -0.25) is 0 Å². The van der Waals surface area contributed by atoms with Crippen LogP contribution in [-0.2, 0) is 14.3 Å². The van der Waals surface area contributed by atoms with Crippen LogP contribution >= 0.6 is 0 Å². The number of hydrogen-bond donors (Lipinski definition) is 0. The van der Waals surface area contributed by atoms with E-state index in [1.54, 1.807) is 0 Å². The fraction of sp³-hybridized carbons (Fsp3) is 0.200. The average molecular weight is 227 g/mol. The van der Waals surface area contributed by atoms with Gasteiger partial charge in [0.1, 0.15) is 24.7 Å². The molecule has 2 rings (SSSR count). The molecular formula is C10H7F2NO3. The quantitative estimate of drug-likeness (QED) is 0.527. The Labute approximate surface area is 89.4 Å². The lowest BCUT2D eigenvalue weighted by Gasteiger charge is -2.26. The van der Waals surface area contributed by atoms with Crippen molar-refractivity contribution in [2.45, 2.75) is 0 Å². The second kappa shape index (κ2) is 3.88. The Morgan fingerprint density at radius 2 is 1.75 bits per heavy atom. The number of esters is 2. The molecule has 0 spiro atoms. The fourth-order valence-electron chi connectivity index (χ4n) is 1.46. The maximum Gasteiger partial charge on any atom is 0.333 e. The van der Waals surface area contributed by atoms with E-state index < -0.39 is 23.6 Å². The summed E-state index contributed by atoms with van der Waals surface area (Å²) in [7, 11) is 0. The van der Waals surface area contributed by atoms with Crippen molar-refractivity contribution in [3.63, 3.8) is 0 Å². The van der Waals surface area contributed by atoms with Gasteiger partial charge in [0, 0.05) is 6.07 Å². The molecule has 16 heavy (non-hydrogen) atoms. The number of nitrogens with zero attached hydrogens (tertiary/aromatic N) is 1. The first-order valence-corrected chi connectivity index (χ1v) is 4.50. The molecule has 0 aliphatic carbocycles. The minimum absolute atomic E-state index is 0.120. The van der Waals surface area contributed by atoms with Gasteiger partial charge in [-0.1, -0.05) is 0 Å². The number of rotatable bonds is 1. The monoisotopic (exact) mass is 227 g/mol. The molecule has 1 aromatic rings. The van der Waals surface area contributed by atoms with Crippen molar-refractivity contribution in [3.8, 4) is 0 Å². The number of carbonyl (C=O) groups excluding carboxylic acids is 2. The van der Waals surface area contributed by atoms with Gasteiger partial charge in [0.2, 0.25) is 0 Å². The standard InChI is InChI=1S/C10H7F2NO3/c11-6-1-2-7(12)8(3-6)13-4-9(14)16-10(15)5-13/h1-3H,4-5H2. The fourth-order valence-corrected chi connectivity index (χ4v) is 1.46. The number of morpholine rings is 1. The number of hydrogen-bond acceptors (Lipinski definition) is 4. The van der Waals surface area contributed by atoms with E-state index in [1.807, 2.05) is 0 Å². The second-order valence-corrected chi connectivity index (χ2v) is 3.30. The molecular weight excluding hydrogens is 220 g/mol. The van der Waals surface area contributed by atoms with Gasteiger partial charge >= 0.3 is 11.9 Å². The van der Waals surface area contributed by atoms with Crippen molar-refractivity contribution < 1.29 is 23.1 Å². The Bertz CT molecular complexity index is 445. The van der Waals surface area contributed by atoms with Gasteiger partial charge in [0.15, 0.2) is 0 Å². The van der Waals surface area contributed by atoms with Gasteiger partial charge in [-0.25, -0.2) is 18.4 Å². The number of cyclic esters (lactones) is 2. The van der Waals surface area contributed by atoms with E-state index in [4.69, 9.17) is 0 Å². The first-order chi connectivity index (χ1) is 7.56. The zero-order chi connectivity index (χ0) is 11.7. The largest absolute Gasteiger partial charge is 0.390 e. The number of carbonyl (C=O) groups is 2. The molecule has 84 valence electrons. The van der Waals surface area contributed by atoms with Crippen LogP contribution in [0.3, 0.4) is 0 Å². The molecule has 0 saturated carbocycles. The lowest BCUT2D eigenvalue weighted by atomic mass is 10.2. The third kappa shape index (κ3) is 2.00. The molecule has 0 atom stereocenters. The molecule has 1 aromatic carbocycles. The first kappa shape index (κ1) is 10.5. The molecule has 1 fully saturated rings. The second-order valence-electron chi connectivity index (χ2n) is 3.30. The van der Waals surface area contributed by atoms with Crippen molar-refractivity contribution in [1.29, 1.82) is 0 Å². The minimum Gasteiger partial charge on any atom is -0.390 e. The lowest BCUT2D eigenvalue weighted by Crippen LogP contribution is -2.43. The van der Waals surface area contributed by atoms with E-state index in [1.165, 1.54) is 0 Å². The average Bonchev–Trinajstić information content (AvgIpc) is 2.20. The maximum atomic E-state index is 13.3. The molecule has 0 bridgehead atoms. The molecule has 1 aliphatic rings. The third-order valence-electron chi connectivity index (χ3n) is 2.12. The SMILES string of the molecule is O=C1CN(c2cc(F)ccc2F)CC(=O)O1. The summed E-state index contributed by atoms with van der Waals surface area (Å²) in [5.41, 5.74) is -0.120. The van der Waals surface area contributed by atoms with Crippen molar-refractivity contribution in [3.05, 3.63) is 29.8 Å². The Morgan fingerprint density at radius 3 is 2.38 bits per heavy atom. The molecule has 0 aromatic heterocycles. The van der Waals surface area contributed by atoms with Crippen LogP contribution < -0.4 is 4.90 Å². The van der Waals surface area contributed by atoms with Crippen molar-refractivity contribution in [2.75, 3.05) is 18.0 Å². The number of benzene rings is 1. The Morgan fingerprint density at radius 1 is 1.12 bits per heavy atom. The number of anilines is 1. The summed E-state index contributed by atoms with van der Waals surface area (Å²) < 4.78 is 30.5. The number of ether oxygens (including phenoxy) is 1. The number of halogens is 2. The van der Waals surface area contributed by atoms with Crippen LogP contribution in [0.15, 0.2) is 18.2 Å². The first-order valence-electron chi connectivity index (χ1n) is 4.50. The highest BCUT2D eigenvalue weighted by molar-refractivity contribution is 5.94. The van der Waals surface area contributed by atoms with Gasteiger partial charge in [-0.2, -0.15) is 0 Å². The van der Waals surface area contributed by atoms with Crippen molar-refractivity contribution >= 4 is 17.6 Å². The van der Waals surface area contributed by atoms with Crippen LogP contribution in [0.4, 0.5) is 14.5 Å². The topological polar surface area (TPSA) is 46.6 Å². The van der Waals surface area contributed by atoms with E-state index in [2.05, 4.69) is 4.74 Å². The van der Waals surface area contributed by atoms with Gasteiger partial charge in [-0.05, 0) is 12.1 Å². The maximum absolute atomic E-state index is 13.3. The normalized spacial score (nSPS) is 16.2. The van der Waals surface area contributed by atoms with Crippen LogP contribution in [0.25, 0.3) is 0 Å². The highest BCUT2D eigenvalue weighted by Gasteiger charge is 2.26. The summed E-state index contributed by atoms with van der Waals surface area (Å²) in [6, 6.07) is 2.83. The summed E-state index contributed by atoms with van der Waals surface area (Å²) in [5, 5.41) is 0. The lowest BCUT2D eigenvalue weighted by molar-refractivity contribution is -0.160. The molecule has 0 N–H and O–H groups in total. The molecule has 4 nitrogen and oxygen atoms in total. The smallest absolute Gasteiger partial charge is 0.333 e. The predicted octanol–water partition coefficient (Wildman–Crippen LogP) is 0.855. The minimum atomic E-state index is -0.778. The van der Waals surface area contributed by atoms with Gasteiger partial charge in [0.25, 0.3) is 0 Å². The zero-order valence-electron chi connectivity index (χ0n) is 8.07. The van der Waals surface area contributed by atoms with Crippen LogP contribution in [0.2, 0.25) is 0 Å². The summed E-state index contributed by atoms with van der Waals surface area (Å²) in [6.07, 6.45) is 0. The van der Waals surface area contributed by atoms with Gasteiger partial charge in [0.05, 0.1) is 5.69 Å². The molecule has 0 radical (unpaired) electrons. The van der Waals surface area contributed by atoms with E-state index in [0.717, 1.165) is 23.1 Å². The highest BCUT2D eigenvalue weighted by atomic mass is 19.1. The van der Waals surface area contributed by atoms with Crippen molar-refractivity contribution in [2.24, 2.45) is 0 Å². The highest BCUT2D eigenvalue weighted by Crippen LogP contribution is 2.21. The van der Waals surface area contributed by atoms with Crippen LogP contribution in [0.1, 0.15) is 0 Å². The molecule has 1 heterocycles. The molecule has 0 unspecified atom stereocenters.